The van der Waals surface area contributed by atoms with Crippen LogP contribution in [0.25, 0.3) is 16.7 Å². The van der Waals surface area contributed by atoms with E-state index >= 15 is 0 Å². The molecule has 0 radical (unpaired) electrons. The van der Waals surface area contributed by atoms with Crippen molar-refractivity contribution in [1.29, 1.82) is 5.26 Å². The molecule has 2 aromatic carbocycles. The number of rotatable bonds is 2. The summed E-state index contributed by atoms with van der Waals surface area (Å²) in [7, 11) is 0. The molecule has 0 atom stereocenters. The van der Waals surface area contributed by atoms with Gasteiger partial charge in [0.05, 0.1) is 34.2 Å². The molecule has 1 heterocycles. The van der Waals surface area contributed by atoms with Crippen LogP contribution in [0.3, 0.4) is 0 Å². The summed E-state index contributed by atoms with van der Waals surface area (Å²) in [6.07, 6.45) is 0. The third-order valence-corrected chi connectivity index (χ3v) is 3.57. The summed E-state index contributed by atoms with van der Waals surface area (Å²) >= 11 is 6.03. The zero-order valence-electron chi connectivity index (χ0n) is 11.0. The van der Waals surface area contributed by atoms with Crippen molar-refractivity contribution in [2.75, 3.05) is 0 Å². The van der Waals surface area contributed by atoms with Gasteiger partial charge in [-0.1, -0.05) is 18.2 Å². The van der Waals surface area contributed by atoms with E-state index < -0.39 is 0 Å². The van der Waals surface area contributed by atoms with Gasteiger partial charge in [0.2, 0.25) is 0 Å². The Morgan fingerprint density at radius 2 is 2.05 bits per heavy atom. The maximum absolute atomic E-state index is 9.07. The minimum absolute atomic E-state index is 0.324. The Morgan fingerprint density at radius 1 is 1.25 bits per heavy atom. The van der Waals surface area contributed by atoms with Gasteiger partial charge in [0, 0.05) is 0 Å². The second-order valence-electron chi connectivity index (χ2n) is 4.60. The second kappa shape index (κ2) is 4.99. The number of halogens is 1. The third-order valence-electron chi connectivity index (χ3n) is 3.33. The van der Waals surface area contributed by atoms with Crippen molar-refractivity contribution in [3.63, 3.8) is 0 Å². The topological polar surface area (TPSA) is 41.6 Å². The first kappa shape index (κ1) is 12.7. The molecule has 0 aliphatic carbocycles. The summed E-state index contributed by atoms with van der Waals surface area (Å²) < 4.78 is 2.03. The first-order chi connectivity index (χ1) is 9.74. The predicted molar refractivity (Wildman–Crippen MR) is 80.1 cm³/mol. The second-order valence-corrected chi connectivity index (χ2v) is 4.87. The fraction of sp³-hybridized carbons (Fsp3) is 0.125. The van der Waals surface area contributed by atoms with Crippen molar-refractivity contribution in [2.45, 2.75) is 12.8 Å². The maximum atomic E-state index is 9.07. The fourth-order valence-electron chi connectivity index (χ4n) is 2.37. The Labute approximate surface area is 122 Å². The van der Waals surface area contributed by atoms with Gasteiger partial charge in [0.25, 0.3) is 0 Å². The van der Waals surface area contributed by atoms with E-state index in [1.807, 2.05) is 47.9 Å². The highest BCUT2D eigenvalue weighted by molar-refractivity contribution is 6.17. The van der Waals surface area contributed by atoms with Gasteiger partial charge in [-0.25, -0.2) is 4.98 Å². The van der Waals surface area contributed by atoms with Gasteiger partial charge in [0.1, 0.15) is 5.82 Å². The molecule has 0 saturated carbocycles. The summed E-state index contributed by atoms with van der Waals surface area (Å²) in [5.41, 5.74) is 4.56. The van der Waals surface area contributed by atoms with Crippen LogP contribution < -0.4 is 0 Å². The van der Waals surface area contributed by atoms with Crippen LogP contribution in [0, 0.1) is 18.3 Å². The minimum Gasteiger partial charge on any atom is -0.295 e. The number of alkyl halides is 1. The summed E-state index contributed by atoms with van der Waals surface area (Å²) in [4.78, 5) is 4.55. The molecular weight excluding hydrogens is 270 g/mol. The van der Waals surface area contributed by atoms with Crippen molar-refractivity contribution < 1.29 is 0 Å². The van der Waals surface area contributed by atoms with E-state index in [1.54, 1.807) is 6.07 Å². The highest BCUT2D eigenvalue weighted by Gasteiger charge is 2.13. The van der Waals surface area contributed by atoms with E-state index in [4.69, 9.17) is 16.9 Å². The van der Waals surface area contributed by atoms with E-state index in [0.29, 0.717) is 11.4 Å². The van der Waals surface area contributed by atoms with Crippen LogP contribution in [0.4, 0.5) is 0 Å². The average molecular weight is 282 g/mol. The molecule has 0 aliphatic rings. The number of aromatic nitrogens is 2. The normalized spacial score (nSPS) is 10.7. The molecule has 0 unspecified atom stereocenters. The molecule has 3 rings (SSSR count). The quantitative estimate of drug-likeness (QED) is 0.668. The van der Waals surface area contributed by atoms with Gasteiger partial charge in [0.15, 0.2) is 0 Å². The highest BCUT2D eigenvalue weighted by atomic mass is 35.5. The molecule has 0 N–H and O–H groups in total. The van der Waals surface area contributed by atoms with Crippen LogP contribution in [0.15, 0.2) is 42.5 Å². The molecule has 0 saturated heterocycles. The van der Waals surface area contributed by atoms with Crippen molar-refractivity contribution in [1.82, 2.24) is 9.55 Å². The molecule has 4 heteroatoms. The van der Waals surface area contributed by atoms with E-state index in [0.717, 1.165) is 28.1 Å². The van der Waals surface area contributed by atoms with E-state index in [2.05, 4.69) is 11.1 Å². The monoisotopic (exact) mass is 281 g/mol. The summed E-state index contributed by atoms with van der Waals surface area (Å²) in [6, 6.07) is 15.7. The Bertz CT molecular complexity index is 827. The highest BCUT2D eigenvalue weighted by Crippen LogP contribution is 2.25. The van der Waals surface area contributed by atoms with Gasteiger partial charge in [-0.2, -0.15) is 5.26 Å². The number of aryl methyl sites for hydroxylation is 1. The maximum Gasteiger partial charge on any atom is 0.129 e. The molecule has 98 valence electrons. The zero-order chi connectivity index (χ0) is 14.1. The molecule has 0 amide bonds. The molecule has 1 aromatic heterocycles. The lowest BCUT2D eigenvalue weighted by atomic mass is 10.1. The molecule has 0 fully saturated rings. The van der Waals surface area contributed by atoms with Crippen molar-refractivity contribution in [3.05, 3.63) is 59.4 Å². The van der Waals surface area contributed by atoms with Crippen LogP contribution in [0.2, 0.25) is 0 Å². The zero-order valence-corrected chi connectivity index (χ0v) is 11.7. The number of nitrogens with zero attached hydrogens (tertiary/aromatic N) is 3. The van der Waals surface area contributed by atoms with Crippen LogP contribution in [-0.2, 0) is 5.88 Å². The third kappa shape index (κ3) is 1.95. The van der Waals surface area contributed by atoms with Gasteiger partial charge in [-0.05, 0) is 36.8 Å². The van der Waals surface area contributed by atoms with Gasteiger partial charge in [-0.3, -0.25) is 4.57 Å². The number of nitriles is 1. The lowest BCUT2D eigenvalue weighted by molar-refractivity contribution is 0.972. The summed E-state index contributed by atoms with van der Waals surface area (Å²) in [5, 5.41) is 9.07. The Hall–Kier alpha value is -2.31. The fourth-order valence-corrected chi connectivity index (χ4v) is 2.55. The molecule has 0 aliphatic heterocycles. The van der Waals surface area contributed by atoms with Crippen LogP contribution in [0.1, 0.15) is 17.0 Å². The molecule has 0 bridgehead atoms. The van der Waals surface area contributed by atoms with E-state index in [1.165, 1.54) is 0 Å². The SMILES string of the molecule is Cc1ccccc1-n1c(CCl)nc2ccc(C#N)cc21. The van der Waals surface area contributed by atoms with Gasteiger partial charge >= 0.3 is 0 Å². The summed E-state index contributed by atoms with van der Waals surface area (Å²) in [6.45, 7) is 2.05. The molecule has 20 heavy (non-hydrogen) atoms. The Morgan fingerprint density at radius 3 is 2.75 bits per heavy atom. The lowest BCUT2D eigenvalue weighted by Gasteiger charge is -2.10. The molecule has 3 nitrogen and oxygen atoms in total. The number of hydrogen-bond donors (Lipinski definition) is 0. The standard InChI is InChI=1S/C16H12ClN3/c1-11-4-2-3-5-14(11)20-15-8-12(10-18)6-7-13(15)19-16(20)9-17/h2-8H,9H2,1H3. The van der Waals surface area contributed by atoms with Gasteiger partial charge < -0.3 is 0 Å². The first-order valence-electron chi connectivity index (χ1n) is 6.28. The van der Waals surface area contributed by atoms with Crippen molar-refractivity contribution in [3.8, 4) is 11.8 Å². The molecular formula is C16H12ClN3. The van der Waals surface area contributed by atoms with Gasteiger partial charge in [-0.15, -0.1) is 11.6 Å². The molecule has 3 aromatic rings. The number of benzene rings is 2. The van der Waals surface area contributed by atoms with Crippen molar-refractivity contribution in [2.24, 2.45) is 0 Å². The predicted octanol–water partition coefficient (Wildman–Crippen LogP) is 3.94. The molecule has 0 spiro atoms. The summed E-state index contributed by atoms with van der Waals surface area (Å²) in [5.74, 6) is 1.11. The largest absolute Gasteiger partial charge is 0.295 e. The lowest BCUT2D eigenvalue weighted by Crippen LogP contribution is -2.01. The number of fused-ring (bicyclic) bond motifs is 1. The smallest absolute Gasteiger partial charge is 0.129 e. The van der Waals surface area contributed by atoms with Crippen LogP contribution >= 0.6 is 11.6 Å². The van der Waals surface area contributed by atoms with Crippen molar-refractivity contribution >= 4 is 22.6 Å². The minimum atomic E-state index is 0.324. The van der Waals surface area contributed by atoms with Crippen LogP contribution in [-0.4, -0.2) is 9.55 Å². The number of para-hydroxylation sites is 1. The Kier molecular flexibility index (Phi) is 3.17. The number of hydrogen-bond acceptors (Lipinski definition) is 2. The van der Waals surface area contributed by atoms with Crippen LogP contribution in [0.5, 0.6) is 0 Å². The first-order valence-corrected chi connectivity index (χ1v) is 6.81. The van der Waals surface area contributed by atoms with E-state index in [9.17, 15) is 0 Å². The number of imidazole rings is 1. The van der Waals surface area contributed by atoms with E-state index in [-0.39, 0.29) is 0 Å². The Balaban J connectivity index is 2.38. The average Bonchev–Trinajstić information content (AvgIpc) is 2.85.